The molecule has 0 aliphatic heterocycles. The van der Waals surface area contributed by atoms with E-state index in [1.807, 2.05) is 0 Å². The summed E-state index contributed by atoms with van der Waals surface area (Å²) in [5.41, 5.74) is 14.4. The SMILES string of the molecule is c1ccc(-c2cccc(-n3c4ccccc4c4ccc(-c5cccc6cccc(-c7ccc8c(c7)c7ccccc7n8-c7ccccc7)c56)cc43)c2)cc1. The minimum atomic E-state index is 1.15. The molecule has 0 unspecified atom stereocenters. The Balaban J connectivity index is 1.12. The van der Waals surface area contributed by atoms with E-state index in [0.29, 0.717) is 0 Å². The summed E-state index contributed by atoms with van der Waals surface area (Å²) in [6, 6.07) is 75.2. The van der Waals surface area contributed by atoms with E-state index in [-0.39, 0.29) is 0 Å². The Morgan fingerprint density at radius 1 is 0.259 bits per heavy atom. The highest BCUT2D eigenvalue weighted by Crippen LogP contribution is 2.42. The third-order valence-electron chi connectivity index (χ3n) is 11.1. The van der Waals surface area contributed by atoms with Gasteiger partial charge >= 0.3 is 0 Å². The number of hydrogen-bond acceptors (Lipinski definition) is 0. The van der Waals surface area contributed by atoms with Gasteiger partial charge in [0, 0.05) is 32.9 Å². The Kier molecular flexibility index (Phi) is 6.90. The number of hydrogen-bond donors (Lipinski definition) is 0. The van der Waals surface area contributed by atoms with Gasteiger partial charge in [-0.2, -0.15) is 0 Å². The average Bonchev–Trinajstić information content (AvgIpc) is 3.76. The molecule has 2 aromatic heterocycles. The Morgan fingerprint density at radius 3 is 1.52 bits per heavy atom. The minimum absolute atomic E-state index is 1.15. The zero-order valence-corrected chi connectivity index (χ0v) is 29.5. The number of nitrogens with zero attached hydrogens (tertiary/aromatic N) is 2. The van der Waals surface area contributed by atoms with Crippen molar-refractivity contribution in [2.24, 2.45) is 0 Å². The van der Waals surface area contributed by atoms with E-state index in [9.17, 15) is 0 Å². The third kappa shape index (κ3) is 4.74. The monoisotopic (exact) mass is 686 g/mol. The van der Waals surface area contributed by atoms with Crippen LogP contribution < -0.4 is 0 Å². The molecule has 2 heterocycles. The fourth-order valence-electron chi connectivity index (χ4n) is 8.69. The Labute approximate surface area is 313 Å². The predicted octanol–water partition coefficient (Wildman–Crippen LogP) is 14.0. The molecule has 0 aliphatic rings. The molecule has 2 nitrogen and oxygen atoms in total. The van der Waals surface area contributed by atoms with Gasteiger partial charge in [-0.25, -0.2) is 0 Å². The van der Waals surface area contributed by atoms with Gasteiger partial charge in [0.1, 0.15) is 0 Å². The number of aromatic nitrogens is 2. The summed E-state index contributed by atoms with van der Waals surface area (Å²) in [5.74, 6) is 0. The lowest BCUT2D eigenvalue weighted by molar-refractivity contribution is 1.18. The van der Waals surface area contributed by atoms with Crippen molar-refractivity contribution in [3.63, 3.8) is 0 Å². The van der Waals surface area contributed by atoms with Crippen molar-refractivity contribution in [1.29, 1.82) is 0 Å². The van der Waals surface area contributed by atoms with Gasteiger partial charge in [-0.05, 0) is 98.8 Å². The lowest BCUT2D eigenvalue weighted by atomic mass is 9.90. The van der Waals surface area contributed by atoms with E-state index in [1.54, 1.807) is 0 Å². The van der Waals surface area contributed by atoms with Crippen LogP contribution in [0.2, 0.25) is 0 Å². The maximum atomic E-state index is 2.43. The molecule has 11 rings (SSSR count). The number of fused-ring (bicyclic) bond motifs is 7. The first-order valence-corrected chi connectivity index (χ1v) is 18.6. The minimum Gasteiger partial charge on any atom is -0.309 e. The van der Waals surface area contributed by atoms with Gasteiger partial charge in [0.25, 0.3) is 0 Å². The highest BCUT2D eigenvalue weighted by molar-refractivity contribution is 6.14. The van der Waals surface area contributed by atoms with E-state index >= 15 is 0 Å². The summed E-state index contributed by atoms with van der Waals surface area (Å²) in [6.45, 7) is 0. The van der Waals surface area contributed by atoms with Gasteiger partial charge in [0.2, 0.25) is 0 Å². The van der Waals surface area contributed by atoms with Crippen LogP contribution in [-0.2, 0) is 0 Å². The molecular weight excluding hydrogens is 653 g/mol. The van der Waals surface area contributed by atoms with E-state index < -0.39 is 0 Å². The smallest absolute Gasteiger partial charge is 0.0547 e. The second kappa shape index (κ2) is 12.2. The molecule has 0 N–H and O–H groups in total. The second-order valence-corrected chi connectivity index (χ2v) is 14.1. The molecule has 0 spiro atoms. The summed E-state index contributed by atoms with van der Waals surface area (Å²) in [4.78, 5) is 0. The second-order valence-electron chi connectivity index (χ2n) is 14.1. The van der Waals surface area contributed by atoms with Crippen LogP contribution in [0.4, 0.5) is 0 Å². The maximum Gasteiger partial charge on any atom is 0.0547 e. The number of rotatable bonds is 5. The average molecular weight is 687 g/mol. The molecular formula is C52H34N2. The van der Waals surface area contributed by atoms with Gasteiger partial charge in [-0.1, -0.05) is 152 Å². The summed E-state index contributed by atoms with van der Waals surface area (Å²) in [6.07, 6.45) is 0. The first-order valence-electron chi connectivity index (χ1n) is 18.6. The lowest BCUT2D eigenvalue weighted by Crippen LogP contribution is -1.95. The zero-order chi connectivity index (χ0) is 35.6. The third-order valence-corrected chi connectivity index (χ3v) is 11.1. The van der Waals surface area contributed by atoms with E-state index in [2.05, 4.69) is 215 Å². The number of benzene rings is 9. The molecule has 0 aliphatic carbocycles. The van der Waals surface area contributed by atoms with Gasteiger partial charge < -0.3 is 9.13 Å². The largest absolute Gasteiger partial charge is 0.309 e. The van der Waals surface area contributed by atoms with Crippen molar-refractivity contribution in [3.8, 4) is 44.8 Å². The summed E-state index contributed by atoms with van der Waals surface area (Å²) in [5, 5.41) is 7.51. The van der Waals surface area contributed by atoms with E-state index in [4.69, 9.17) is 0 Å². The molecule has 9 aromatic carbocycles. The molecule has 0 amide bonds. The van der Waals surface area contributed by atoms with Gasteiger partial charge in [0.05, 0.1) is 22.1 Å². The van der Waals surface area contributed by atoms with Crippen molar-refractivity contribution in [3.05, 3.63) is 206 Å². The fraction of sp³-hybridized carbons (Fsp3) is 0. The van der Waals surface area contributed by atoms with Crippen LogP contribution in [0.3, 0.4) is 0 Å². The normalized spacial score (nSPS) is 11.7. The van der Waals surface area contributed by atoms with Crippen molar-refractivity contribution >= 4 is 54.4 Å². The summed E-state index contributed by atoms with van der Waals surface area (Å²) in [7, 11) is 0. The molecule has 11 aromatic rings. The zero-order valence-electron chi connectivity index (χ0n) is 29.5. The molecule has 0 saturated heterocycles. The van der Waals surface area contributed by atoms with E-state index in [1.165, 1.54) is 93.5 Å². The van der Waals surface area contributed by atoms with Gasteiger partial charge in [0.15, 0.2) is 0 Å². The number of para-hydroxylation sites is 3. The Bertz CT molecular complexity index is 3200. The summed E-state index contributed by atoms with van der Waals surface area (Å²) < 4.78 is 4.82. The van der Waals surface area contributed by atoms with Crippen LogP contribution in [0.5, 0.6) is 0 Å². The molecule has 0 radical (unpaired) electrons. The molecule has 252 valence electrons. The van der Waals surface area contributed by atoms with E-state index in [0.717, 1.165) is 5.69 Å². The quantitative estimate of drug-likeness (QED) is 0.171. The van der Waals surface area contributed by atoms with Crippen molar-refractivity contribution in [2.45, 2.75) is 0 Å². The van der Waals surface area contributed by atoms with Crippen molar-refractivity contribution < 1.29 is 0 Å². The van der Waals surface area contributed by atoms with Crippen molar-refractivity contribution in [1.82, 2.24) is 9.13 Å². The van der Waals surface area contributed by atoms with Crippen LogP contribution >= 0.6 is 0 Å². The van der Waals surface area contributed by atoms with Gasteiger partial charge in [-0.15, -0.1) is 0 Å². The highest BCUT2D eigenvalue weighted by atomic mass is 15.0. The predicted molar refractivity (Wildman–Crippen MR) is 229 cm³/mol. The molecule has 0 atom stereocenters. The fourth-order valence-corrected chi connectivity index (χ4v) is 8.69. The molecule has 0 bridgehead atoms. The highest BCUT2D eigenvalue weighted by Gasteiger charge is 2.18. The van der Waals surface area contributed by atoms with Crippen LogP contribution in [0.15, 0.2) is 206 Å². The first-order chi connectivity index (χ1) is 26.8. The van der Waals surface area contributed by atoms with Gasteiger partial charge in [-0.3, -0.25) is 0 Å². The molecule has 0 fully saturated rings. The van der Waals surface area contributed by atoms with Crippen LogP contribution in [0.1, 0.15) is 0 Å². The molecule has 0 saturated carbocycles. The lowest BCUT2D eigenvalue weighted by Gasteiger charge is -2.14. The van der Waals surface area contributed by atoms with Crippen molar-refractivity contribution in [2.75, 3.05) is 0 Å². The molecule has 2 heteroatoms. The Morgan fingerprint density at radius 2 is 0.778 bits per heavy atom. The van der Waals surface area contributed by atoms with Crippen LogP contribution in [0, 0.1) is 0 Å². The topological polar surface area (TPSA) is 9.86 Å². The Hall–Kier alpha value is -7.16. The first kappa shape index (κ1) is 30.5. The van der Waals surface area contributed by atoms with Crippen LogP contribution in [0.25, 0.3) is 99.1 Å². The molecule has 54 heavy (non-hydrogen) atoms. The standard InChI is InChI=1S/C52H34N2/c1-3-14-35(15-4-1)37-18-11-21-41(32-37)54-48-26-9-7-22-44(48)46-30-28-39(34-51(46)54)43-25-13-17-36-16-12-24-42(52(36)43)38-29-31-50-47(33-38)45-23-8-10-27-49(45)53(50)40-19-5-2-6-20-40/h1-34H. The van der Waals surface area contributed by atoms with Crippen LogP contribution in [-0.4, -0.2) is 9.13 Å². The summed E-state index contributed by atoms with van der Waals surface area (Å²) >= 11 is 0. The maximum absolute atomic E-state index is 2.43.